The molecular formula is C10H12N2O7S. The molecule has 9 nitrogen and oxygen atoms in total. The molecule has 0 radical (unpaired) electrons. The number of carbonyl (C=O) groups is 2. The molecule has 0 aliphatic rings. The molecule has 1 aromatic rings. The molecule has 0 unspecified atom stereocenters. The molecule has 0 aromatic heterocycles. The molecule has 1 rings (SSSR count). The number of ether oxygens (including phenoxy) is 1. The lowest BCUT2D eigenvalue weighted by Gasteiger charge is -2.11. The number of aromatic carboxylic acids is 1. The van der Waals surface area contributed by atoms with Crippen molar-refractivity contribution in [3.05, 3.63) is 23.8 Å². The average molecular weight is 304 g/mol. The Morgan fingerprint density at radius 3 is 2.55 bits per heavy atom. The molecule has 0 fully saturated rings. The van der Waals surface area contributed by atoms with Gasteiger partial charge in [-0.05, 0) is 19.1 Å². The van der Waals surface area contributed by atoms with Gasteiger partial charge in [-0.2, -0.15) is 8.42 Å². The molecule has 4 N–H and O–H groups in total. The van der Waals surface area contributed by atoms with E-state index in [4.69, 9.17) is 5.11 Å². The molecule has 1 amide bonds. The second-order valence-corrected chi connectivity index (χ2v) is 4.85. The maximum absolute atomic E-state index is 11.5. The highest BCUT2D eigenvalue weighted by Gasteiger charge is 2.19. The molecule has 10 heteroatoms. The number of amides is 1. The zero-order chi connectivity index (χ0) is 15.3. The first-order chi connectivity index (χ1) is 9.26. The van der Waals surface area contributed by atoms with Gasteiger partial charge in [-0.1, -0.05) is 6.07 Å². The first-order valence-corrected chi connectivity index (χ1v) is 6.77. The topological polar surface area (TPSA) is 142 Å². The van der Waals surface area contributed by atoms with Crippen molar-refractivity contribution in [3.63, 3.8) is 0 Å². The van der Waals surface area contributed by atoms with E-state index in [-0.39, 0.29) is 12.3 Å². The fraction of sp³-hybridized carbons (Fsp3) is 0.200. The van der Waals surface area contributed by atoms with Crippen LogP contribution in [0.3, 0.4) is 0 Å². The summed E-state index contributed by atoms with van der Waals surface area (Å²) < 4.78 is 30.8. The molecule has 0 saturated heterocycles. The van der Waals surface area contributed by atoms with E-state index in [1.54, 1.807) is 0 Å². The smallest absolute Gasteiger partial charge is 0.422 e. The van der Waals surface area contributed by atoms with Crippen molar-refractivity contribution >= 4 is 28.0 Å². The zero-order valence-corrected chi connectivity index (χ0v) is 11.1. The standard InChI is InChI=1S/C10H12N2O7S/c1-2-19-10(16)12-20(17,18)11-7-5-3-4-6(8(7)13)9(14)15/h3-5,11,13H,2H2,1H3,(H,12,16)(H,14,15). The van der Waals surface area contributed by atoms with E-state index in [9.17, 15) is 23.1 Å². The lowest BCUT2D eigenvalue weighted by atomic mass is 10.2. The van der Waals surface area contributed by atoms with Crippen molar-refractivity contribution in [2.24, 2.45) is 0 Å². The third-order valence-corrected chi connectivity index (χ3v) is 2.93. The van der Waals surface area contributed by atoms with Crippen LogP contribution in [0.2, 0.25) is 0 Å². The molecule has 0 bridgehead atoms. The van der Waals surface area contributed by atoms with E-state index in [1.165, 1.54) is 17.7 Å². The van der Waals surface area contributed by atoms with Crippen molar-refractivity contribution in [2.75, 3.05) is 11.3 Å². The average Bonchev–Trinajstić information content (AvgIpc) is 2.30. The normalized spacial score (nSPS) is 10.7. The Hall–Kier alpha value is -2.49. The number of benzene rings is 1. The van der Waals surface area contributed by atoms with E-state index in [1.807, 2.05) is 4.72 Å². The Kier molecular flexibility index (Phi) is 4.75. The van der Waals surface area contributed by atoms with Crippen LogP contribution < -0.4 is 9.44 Å². The fourth-order valence-electron chi connectivity index (χ4n) is 1.24. The lowest BCUT2D eigenvalue weighted by Crippen LogP contribution is -2.35. The first-order valence-electron chi connectivity index (χ1n) is 5.29. The predicted molar refractivity (Wildman–Crippen MR) is 67.8 cm³/mol. The number of para-hydroxylation sites is 1. The van der Waals surface area contributed by atoms with Gasteiger partial charge in [-0.25, -0.2) is 14.3 Å². The van der Waals surface area contributed by atoms with Crippen LogP contribution in [0.4, 0.5) is 10.5 Å². The molecule has 0 saturated carbocycles. The molecule has 0 spiro atoms. The number of carboxylic acid groups (broad SMARTS) is 1. The molecule has 110 valence electrons. The van der Waals surface area contributed by atoms with Gasteiger partial charge in [0.15, 0.2) is 5.75 Å². The maximum Gasteiger partial charge on any atom is 0.422 e. The number of anilines is 1. The second-order valence-electron chi connectivity index (χ2n) is 3.43. The van der Waals surface area contributed by atoms with Crippen LogP contribution in [0, 0.1) is 0 Å². The summed E-state index contributed by atoms with van der Waals surface area (Å²) in [6.07, 6.45) is -1.20. The van der Waals surface area contributed by atoms with E-state index < -0.39 is 33.6 Å². The van der Waals surface area contributed by atoms with Crippen LogP contribution in [0.25, 0.3) is 0 Å². The predicted octanol–water partition coefficient (Wildman–Crippen LogP) is 0.493. The molecule has 0 atom stereocenters. The Bertz CT molecular complexity index is 626. The molecule has 0 aliphatic heterocycles. The first kappa shape index (κ1) is 15.6. The molecule has 1 aromatic carbocycles. The van der Waals surface area contributed by atoms with Crippen molar-refractivity contribution in [1.29, 1.82) is 0 Å². The van der Waals surface area contributed by atoms with Crippen molar-refractivity contribution in [3.8, 4) is 5.75 Å². The number of carboxylic acids is 1. The third-order valence-electron chi connectivity index (χ3n) is 2.00. The molecule has 0 heterocycles. The quantitative estimate of drug-likeness (QED) is 0.580. The minimum Gasteiger partial charge on any atom is -0.505 e. The Balaban J connectivity index is 2.96. The summed E-state index contributed by atoms with van der Waals surface area (Å²) in [4.78, 5) is 21.8. The largest absolute Gasteiger partial charge is 0.505 e. The van der Waals surface area contributed by atoms with E-state index in [0.717, 1.165) is 12.1 Å². The highest BCUT2D eigenvalue weighted by atomic mass is 32.2. The highest BCUT2D eigenvalue weighted by molar-refractivity contribution is 7.91. The minimum atomic E-state index is -4.35. The maximum atomic E-state index is 11.5. The van der Waals surface area contributed by atoms with Gasteiger partial charge in [-0.15, -0.1) is 0 Å². The number of phenols is 1. The zero-order valence-electron chi connectivity index (χ0n) is 10.3. The number of nitrogens with one attached hydrogen (secondary N) is 2. The monoisotopic (exact) mass is 304 g/mol. The molecule has 20 heavy (non-hydrogen) atoms. The van der Waals surface area contributed by atoms with Gasteiger partial charge in [0.05, 0.1) is 12.3 Å². The van der Waals surface area contributed by atoms with Gasteiger partial charge in [0.2, 0.25) is 0 Å². The van der Waals surface area contributed by atoms with Crippen LogP contribution in [0.1, 0.15) is 17.3 Å². The van der Waals surface area contributed by atoms with Crippen LogP contribution in [-0.2, 0) is 14.9 Å². The minimum absolute atomic E-state index is 0.0267. The van der Waals surface area contributed by atoms with E-state index in [0.29, 0.717) is 0 Å². The van der Waals surface area contributed by atoms with E-state index in [2.05, 4.69) is 4.74 Å². The third kappa shape index (κ3) is 4.02. The highest BCUT2D eigenvalue weighted by Crippen LogP contribution is 2.27. The SMILES string of the molecule is CCOC(=O)NS(=O)(=O)Nc1cccc(C(=O)O)c1O. The Labute approximate surface area is 114 Å². The van der Waals surface area contributed by atoms with Gasteiger partial charge in [0.1, 0.15) is 5.56 Å². The van der Waals surface area contributed by atoms with Gasteiger partial charge in [-0.3, -0.25) is 4.72 Å². The summed E-state index contributed by atoms with van der Waals surface area (Å²) in [5, 5.41) is 18.4. The van der Waals surface area contributed by atoms with Crippen LogP contribution >= 0.6 is 0 Å². The molecular weight excluding hydrogens is 292 g/mol. The van der Waals surface area contributed by atoms with Crippen molar-refractivity contribution in [1.82, 2.24) is 4.72 Å². The van der Waals surface area contributed by atoms with Gasteiger partial charge in [0.25, 0.3) is 0 Å². The lowest BCUT2D eigenvalue weighted by molar-refractivity contribution is 0.0693. The number of aromatic hydroxyl groups is 1. The summed E-state index contributed by atoms with van der Waals surface area (Å²) in [5.74, 6) is -2.20. The van der Waals surface area contributed by atoms with E-state index >= 15 is 0 Å². The fourth-order valence-corrected chi connectivity index (χ4v) is 2.02. The summed E-state index contributed by atoms with van der Waals surface area (Å²) in [6.45, 7) is 1.46. The number of hydrogen-bond donors (Lipinski definition) is 4. The Morgan fingerprint density at radius 1 is 1.35 bits per heavy atom. The van der Waals surface area contributed by atoms with Crippen LogP contribution in [0.15, 0.2) is 18.2 Å². The number of rotatable bonds is 5. The number of carbonyl (C=O) groups excluding carboxylic acids is 1. The summed E-state index contributed by atoms with van der Waals surface area (Å²) >= 11 is 0. The van der Waals surface area contributed by atoms with Crippen LogP contribution in [-0.4, -0.2) is 37.3 Å². The van der Waals surface area contributed by atoms with Gasteiger partial charge < -0.3 is 14.9 Å². The number of hydrogen-bond acceptors (Lipinski definition) is 6. The summed E-state index contributed by atoms with van der Waals surface area (Å²) in [6, 6.07) is 3.45. The van der Waals surface area contributed by atoms with Crippen molar-refractivity contribution < 1.29 is 33.0 Å². The second kappa shape index (κ2) is 6.10. The van der Waals surface area contributed by atoms with Gasteiger partial charge >= 0.3 is 22.3 Å². The van der Waals surface area contributed by atoms with Crippen LogP contribution in [0.5, 0.6) is 5.75 Å². The van der Waals surface area contributed by atoms with Gasteiger partial charge in [0, 0.05) is 0 Å². The van der Waals surface area contributed by atoms with Crippen molar-refractivity contribution in [2.45, 2.75) is 6.92 Å². The summed E-state index contributed by atoms with van der Waals surface area (Å²) in [5.41, 5.74) is -0.872. The Morgan fingerprint density at radius 2 is 2.00 bits per heavy atom. The molecule has 0 aliphatic carbocycles. The summed E-state index contributed by atoms with van der Waals surface area (Å²) in [7, 11) is -4.35.